The molecule has 0 amide bonds. The van der Waals surface area contributed by atoms with E-state index < -0.39 is 0 Å². The van der Waals surface area contributed by atoms with Crippen LogP contribution in [0.25, 0.3) is 0 Å². The molecule has 0 rings (SSSR count). The minimum Gasteiger partial charge on any atom is -0.295 e. The minimum atomic E-state index is 0.265. The monoisotopic (exact) mass is 252 g/mol. The Morgan fingerprint density at radius 1 is 0.944 bits per heavy atom. The van der Waals surface area contributed by atoms with Crippen LogP contribution in [0.3, 0.4) is 0 Å². The fraction of sp³-hybridized carbons (Fsp3) is 0.824. The van der Waals surface area contributed by atoms with Crippen molar-refractivity contribution in [2.24, 2.45) is 5.92 Å². The van der Waals surface area contributed by atoms with E-state index in [4.69, 9.17) is 0 Å². The lowest BCUT2D eigenvalue weighted by molar-refractivity contribution is -0.118. The van der Waals surface area contributed by atoms with Gasteiger partial charge in [0.05, 0.1) is 0 Å². The van der Waals surface area contributed by atoms with Crippen molar-refractivity contribution in [3.8, 4) is 0 Å². The normalized spacial score (nSPS) is 13.1. The second kappa shape index (κ2) is 12.9. The van der Waals surface area contributed by atoms with Crippen molar-refractivity contribution in [2.45, 2.75) is 85.0 Å². The van der Waals surface area contributed by atoms with Crippen molar-refractivity contribution in [1.82, 2.24) is 0 Å². The largest absolute Gasteiger partial charge is 0.295 e. The zero-order valence-corrected chi connectivity index (χ0v) is 12.7. The summed E-state index contributed by atoms with van der Waals surface area (Å²) in [6.45, 7) is 6.30. The van der Waals surface area contributed by atoms with Crippen LogP contribution in [-0.2, 0) is 4.79 Å². The summed E-state index contributed by atoms with van der Waals surface area (Å²) in [7, 11) is 0. The molecule has 1 unspecified atom stereocenters. The molecule has 18 heavy (non-hydrogen) atoms. The number of hydrogen-bond acceptors (Lipinski definition) is 1. The third kappa shape index (κ3) is 9.44. The van der Waals surface area contributed by atoms with Crippen LogP contribution in [0.2, 0.25) is 0 Å². The molecule has 0 radical (unpaired) electrons. The lowest BCUT2D eigenvalue weighted by Crippen LogP contribution is -2.10. The first kappa shape index (κ1) is 17.4. The fourth-order valence-electron chi connectivity index (χ4n) is 2.37. The Kier molecular flexibility index (Phi) is 12.4. The number of hydrogen-bond donors (Lipinski definition) is 0. The van der Waals surface area contributed by atoms with Gasteiger partial charge < -0.3 is 0 Å². The van der Waals surface area contributed by atoms with Crippen LogP contribution in [0.4, 0.5) is 0 Å². The smallest absolute Gasteiger partial charge is 0.158 e. The molecule has 0 bridgehead atoms. The first-order valence-electron chi connectivity index (χ1n) is 7.92. The molecule has 106 valence electrons. The molecule has 0 aromatic rings. The minimum absolute atomic E-state index is 0.265. The molecular weight excluding hydrogens is 220 g/mol. The van der Waals surface area contributed by atoms with E-state index >= 15 is 0 Å². The molecule has 0 saturated carbocycles. The van der Waals surface area contributed by atoms with E-state index in [2.05, 4.69) is 13.8 Å². The van der Waals surface area contributed by atoms with E-state index in [1.54, 1.807) is 6.08 Å². The van der Waals surface area contributed by atoms with Crippen LogP contribution in [-0.4, -0.2) is 5.78 Å². The third-order valence-electron chi connectivity index (χ3n) is 3.63. The molecular formula is C17H32O. The Morgan fingerprint density at radius 3 is 2.00 bits per heavy atom. The Hall–Kier alpha value is -0.590. The molecule has 0 spiro atoms. The van der Waals surface area contributed by atoms with Crippen molar-refractivity contribution in [3.05, 3.63) is 12.2 Å². The third-order valence-corrected chi connectivity index (χ3v) is 3.63. The molecule has 1 heteroatoms. The van der Waals surface area contributed by atoms with Crippen molar-refractivity contribution < 1.29 is 4.79 Å². The summed E-state index contributed by atoms with van der Waals surface area (Å²) < 4.78 is 0. The molecule has 0 fully saturated rings. The molecule has 0 saturated heterocycles. The van der Waals surface area contributed by atoms with E-state index in [0.29, 0.717) is 5.78 Å². The van der Waals surface area contributed by atoms with Crippen LogP contribution in [0.1, 0.15) is 85.0 Å². The van der Waals surface area contributed by atoms with Gasteiger partial charge in [-0.05, 0) is 25.8 Å². The zero-order valence-electron chi connectivity index (χ0n) is 12.7. The van der Waals surface area contributed by atoms with Gasteiger partial charge in [-0.3, -0.25) is 4.79 Å². The molecule has 1 atom stereocenters. The van der Waals surface area contributed by atoms with Crippen molar-refractivity contribution in [3.63, 3.8) is 0 Å². The van der Waals surface area contributed by atoms with Crippen molar-refractivity contribution >= 4 is 5.78 Å². The summed E-state index contributed by atoms with van der Waals surface area (Å²) in [5.41, 5.74) is 0. The topological polar surface area (TPSA) is 17.1 Å². The molecule has 0 aliphatic heterocycles. The second-order valence-electron chi connectivity index (χ2n) is 5.27. The lowest BCUT2D eigenvalue weighted by Gasteiger charge is -2.10. The Morgan fingerprint density at radius 2 is 1.50 bits per heavy atom. The molecule has 0 aliphatic carbocycles. The molecule has 0 aromatic heterocycles. The SMILES string of the molecule is C/C=C/C(=O)C(CC)CCCCCCCCCC. The summed E-state index contributed by atoms with van der Waals surface area (Å²) in [6, 6.07) is 0. The molecule has 0 aliphatic rings. The van der Waals surface area contributed by atoms with Crippen molar-refractivity contribution in [2.75, 3.05) is 0 Å². The average molecular weight is 252 g/mol. The second-order valence-corrected chi connectivity index (χ2v) is 5.27. The van der Waals surface area contributed by atoms with Crippen LogP contribution in [0.15, 0.2) is 12.2 Å². The van der Waals surface area contributed by atoms with Gasteiger partial charge in [0.2, 0.25) is 0 Å². The van der Waals surface area contributed by atoms with Crippen LogP contribution in [0.5, 0.6) is 0 Å². The van der Waals surface area contributed by atoms with Gasteiger partial charge in [0.1, 0.15) is 0 Å². The first-order valence-corrected chi connectivity index (χ1v) is 7.92. The highest BCUT2D eigenvalue weighted by molar-refractivity contribution is 5.91. The van der Waals surface area contributed by atoms with E-state index in [1.165, 1.54) is 51.4 Å². The lowest BCUT2D eigenvalue weighted by atomic mass is 9.93. The number of carbonyl (C=O) groups is 1. The number of allylic oxidation sites excluding steroid dienone is 2. The zero-order chi connectivity index (χ0) is 13.6. The first-order chi connectivity index (χ1) is 8.76. The van der Waals surface area contributed by atoms with Crippen LogP contribution < -0.4 is 0 Å². The highest BCUT2D eigenvalue weighted by atomic mass is 16.1. The molecule has 1 nitrogen and oxygen atoms in total. The van der Waals surface area contributed by atoms with Gasteiger partial charge in [-0.2, -0.15) is 0 Å². The Bertz CT molecular complexity index is 218. The highest BCUT2D eigenvalue weighted by Gasteiger charge is 2.12. The van der Waals surface area contributed by atoms with Gasteiger partial charge in [-0.1, -0.05) is 71.3 Å². The van der Waals surface area contributed by atoms with Gasteiger partial charge in [-0.25, -0.2) is 0 Å². The average Bonchev–Trinajstić information content (AvgIpc) is 2.37. The fourth-order valence-corrected chi connectivity index (χ4v) is 2.37. The molecule has 0 aromatic carbocycles. The number of unbranched alkanes of at least 4 members (excludes halogenated alkanes) is 7. The molecule has 0 N–H and O–H groups in total. The van der Waals surface area contributed by atoms with Crippen molar-refractivity contribution in [1.29, 1.82) is 0 Å². The number of rotatable bonds is 12. The maximum Gasteiger partial charge on any atom is 0.158 e. The van der Waals surface area contributed by atoms with E-state index in [0.717, 1.165) is 12.8 Å². The highest BCUT2D eigenvalue weighted by Crippen LogP contribution is 2.17. The summed E-state index contributed by atoms with van der Waals surface area (Å²) in [4.78, 5) is 11.7. The van der Waals surface area contributed by atoms with Crippen LogP contribution >= 0.6 is 0 Å². The number of ketones is 1. The summed E-state index contributed by atoms with van der Waals surface area (Å²) in [5.74, 6) is 0.587. The van der Waals surface area contributed by atoms with Gasteiger partial charge in [0, 0.05) is 5.92 Å². The standard InChI is InChI=1S/C17H32O/c1-4-7-8-9-10-11-12-13-15-16(6-3)17(18)14-5-2/h5,14,16H,4,6-13,15H2,1-3H3/b14-5+. The van der Waals surface area contributed by atoms with Gasteiger partial charge in [-0.15, -0.1) is 0 Å². The van der Waals surface area contributed by atoms with E-state index in [9.17, 15) is 4.79 Å². The number of carbonyl (C=O) groups excluding carboxylic acids is 1. The predicted octanol–water partition coefficient (Wildman–Crippen LogP) is 5.69. The van der Waals surface area contributed by atoms with Gasteiger partial charge >= 0.3 is 0 Å². The van der Waals surface area contributed by atoms with E-state index in [1.807, 2.05) is 13.0 Å². The Balaban J connectivity index is 3.48. The Labute approximate surface area is 114 Å². The van der Waals surface area contributed by atoms with Crippen LogP contribution in [0, 0.1) is 5.92 Å². The predicted molar refractivity (Wildman–Crippen MR) is 80.8 cm³/mol. The maximum absolute atomic E-state index is 11.7. The molecule has 0 heterocycles. The van der Waals surface area contributed by atoms with E-state index in [-0.39, 0.29) is 5.92 Å². The summed E-state index contributed by atoms with van der Waals surface area (Å²) in [5, 5.41) is 0. The summed E-state index contributed by atoms with van der Waals surface area (Å²) >= 11 is 0. The maximum atomic E-state index is 11.7. The quantitative estimate of drug-likeness (QED) is 0.322. The summed E-state index contributed by atoms with van der Waals surface area (Å²) in [6.07, 6.45) is 16.4. The van der Waals surface area contributed by atoms with Gasteiger partial charge in [0.15, 0.2) is 5.78 Å². The van der Waals surface area contributed by atoms with Gasteiger partial charge in [0.25, 0.3) is 0 Å².